The van der Waals surface area contributed by atoms with E-state index in [1.54, 1.807) is 0 Å². The Morgan fingerprint density at radius 2 is 2.30 bits per heavy atom. The smallest absolute Gasteiger partial charge is 0.0409 e. The molecule has 1 nitrogen and oxygen atoms in total. The van der Waals surface area contributed by atoms with Gasteiger partial charge in [0.15, 0.2) is 0 Å². The summed E-state index contributed by atoms with van der Waals surface area (Å²) >= 11 is 0. The van der Waals surface area contributed by atoms with Gasteiger partial charge in [-0.15, -0.1) is 0 Å². The van der Waals surface area contributed by atoms with Crippen molar-refractivity contribution in [3.05, 3.63) is 36.0 Å². The van der Waals surface area contributed by atoms with Gasteiger partial charge in [-0.2, -0.15) is 0 Å². The lowest BCUT2D eigenvalue weighted by atomic mass is 10.2. The van der Waals surface area contributed by atoms with Crippen LogP contribution in [0.4, 0.5) is 0 Å². The van der Waals surface area contributed by atoms with Gasteiger partial charge in [0.05, 0.1) is 0 Å². The number of rotatable bonds is 2. The fourth-order valence-corrected chi connectivity index (χ4v) is 0.922. The van der Waals surface area contributed by atoms with Crippen LogP contribution in [0.1, 0.15) is 18.3 Å². The van der Waals surface area contributed by atoms with Crippen LogP contribution < -0.4 is 0 Å². The first-order valence-corrected chi connectivity index (χ1v) is 3.53. The molecule has 0 fully saturated rings. The molecule has 0 amide bonds. The first kappa shape index (κ1) is 7.26. The maximum atomic E-state index is 4.33. The third kappa shape index (κ3) is 1.83. The molecule has 53 valence electrons. The van der Waals surface area contributed by atoms with Crippen molar-refractivity contribution in [2.75, 3.05) is 0 Å². The maximum Gasteiger partial charge on any atom is 0.0409 e. The minimum atomic E-state index is 0.974. The predicted octanol–water partition coefficient (Wildman–Crippen LogP) is 2.16. The molecule has 10 heavy (non-hydrogen) atoms. The average molecular weight is 134 g/mol. The van der Waals surface area contributed by atoms with Crippen LogP contribution in [-0.4, -0.2) is 4.98 Å². The highest BCUT2D eigenvalue weighted by molar-refractivity contribution is 5.10. The lowest BCUT2D eigenvalue weighted by Gasteiger charge is -1.96. The second-order valence-electron chi connectivity index (χ2n) is 2.38. The fraction of sp³-hybridized carbons (Fsp3) is 0.333. The van der Waals surface area contributed by atoms with Crippen LogP contribution in [0, 0.1) is 13.3 Å². The largest absolute Gasteiger partial charge is 0.258 e. The first-order valence-electron chi connectivity index (χ1n) is 3.53. The summed E-state index contributed by atoms with van der Waals surface area (Å²) < 4.78 is 0. The van der Waals surface area contributed by atoms with E-state index < -0.39 is 0 Å². The summed E-state index contributed by atoms with van der Waals surface area (Å²) in [6, 6.07) is 6.10. The van der Waals surface area contributed by atoms with Crippen LogP contribution in [0.5, 0.6) is 0 Å². The van der Waals surface area contributed by atoms with Crippen LogP contribution in [0.25, 0.3) is 0 Å². The van der Waals surface area contributed by atoms with Gasteiger partial charge >= 0.3 is 0 Å². The van der Waals surface area contributed by atoms with Crippen molar-refractivity contribution < 1.29 is 0 Å². The van der Waals surface area contributed by atoms with E-state index in [2.05, 4.69) is 11.4 Å². The number of pyridine rings is 1. The van der Waals surface area contributed by atoms with Crippen molar-refractivity contribution in [2.24, 2.45) is 0 Å². The second-order valence-corrected chi connectivity index (χ2v) is 2.38. The molecule has 0 bridgehead atoms. The number of aromatic nitrogens is 1. The SMILES string of the molecule is C[CH]Cc1cccc(C)n1. The zero-order valence-electron chi connectivity index (χ0n) is 6.46. The summed E-state index contributed by atoms with van der Waals surface area (Å²) in [7, 11) is 0. The molecule has 0 saturated heterocycles. The first-order chi connectivity index (χ1) is 4.83. The summed E-state index contributed by atoms with van der Waals surface area (Å²) in [5.74, 6) is 0. The van der Waals surface area contributed by atoms with Gasteiger partial charge in [-0.05, 0) is 31.9 Å². The summed E-state index contributed by atoms with van der Waals surface area (Å²) in [5, 5.41) is 0. The van der Waals surface area contributed by atoms with Crippen molar-refractivity contribution in [3.63, 3.8) is 0 Å². The molecule has 0 saturated carbocycles. The predicted molar refractivity (Wildman–Crippen MR) is 42.7 cm³/mol. The summed E-state index contributed by atoms with van der Waals surface area (Å²) in [4.78, 5) is 4.33. The van der Waals surface area contributed by atoms with Gasteiger partial charge in [-0.3, -0.25) is 4.98 Å². The highest BCUT2D eigenvalue weighted by atomic mass is 14.7. The lowest BCUT2D eigenvalue weighted by molar-refractivity contribution is 1.01. The Kier molecular flexibility index (Phi) is 2.43. The van der Waals surface area contributed by atoms with Crippen molar-refractivity contribution >= 4 is 0 Å². The van der Waals surface area contributed by atoms with Crippen molar-refractivity contribution in [1.29, 1.82) is 0 Å². The Bertz CT molecular complexity index is 206. The van der Waals surface area contributed by atoms with Gasteiger partial charge in [-0.25, -0.2) is 0 Å². The maximum absolute atomic E-state index is 4.33. The minimum absolute atomic E-state index is 0.974. The Morgan fingerprint density at radius 1 is 1.50 bits per heavy atom. The van der Waals surface area contributed by atoms with E-state index in [0.29, 0.717) is 0 Å². The minimum Gasteiger partial charge on any atom is -0.258 e. The van der Waals surface area contributed by atoms with Crippen LogP contribution in [0.15, 0.2) is 18.2 Å². The van der Waals surface area contributed by atoms with Gasteiger partial charge in [0.1, 0.15) is 0 Å². The highest BCUT2D eigenvalue weighted by Crippen LogP contribution is 1.99. The van der Waals surface area contributed by atoms with E-state index in [4.69, 9.17) is 0 Å². The number of hydrogen-bond donors (Lipinski definition) is 0. The van der Waals surface area contributed by atoms with E-state index in [-0.39, 0.29) is 0 Å². The fourth-order valence-electron chi connectivity index (χ4n) is 0.922. The molecule has 1 heteroatoms. The van der Waals surface area contributed by atoms with Crippen LogP contribution in [0.3, 0.4) is 0 Å². The van der Waals surface area contributed by atoms with Gasteiger partial charge in [0, 0.05) is 11.4 Å². The molecule has 0 unspecified atom stereocenters. The van der Waals surface area contributed by atoms with Gasteiger partial charge < -0.3 is 0 Å². The van der Waals surface area contributed by atoms with Gasteiger partial charge in [0.25, 0.3) is 0 Å². The standard InChI is InChI=1S/C9H12N/c1-3-5-9-7-4-6-8(2)10-9/h3-4,6-7H,5H2,1-2H3. The molecule has 0 N–H and O–H groups in total. The molecular formula is C9H12N. The number of nitrogens with zero attached hydrogens (tertiary/aromatic N) is 1. The molecular weight excluding hydrogens is 122 g/mol. The van der Waals surface area contributed by atoms with Crippen molar-refractivity contribution in [3.8, 4) is 0 Å². The van der Waals surface area contributed by atoms with E-state index in [1.807, 2.05) is 32.0 Å². The molecule has 0 aliphatic carbocycles. The topological polar surface area (TPSA) is 12.9 Å². The Labute approximate surface area is 62.1 Å². The molecule has 1 aromatic heterocycles. The Morgan fingerprint density at radius 3 is 2.90 bits per heavy atom. The monoisotopic (exact) mass is 134 g/mol. The number of aryl methyl sites for hydroxylation is 1. The van der Waals surface area contributed by atoms with Crippen molar-refractivity contribution in [2.45, 2.75) is 20.3 Å². The van der Waals surface area contributed by atoms with E-state index >= 15 is 0 Å². The van der Waals surface area contributed by atoms with Crippen molar-refractivity contribution in [1.82, 2.24) is 4.98 Å². The molecule has 0 aliphatic heterocycles. The molecule has 1 aromatic rings. The summed E-state index contributed by atoms with van der Waals surface area (Å²) in [6.45, 7) is 4.06. The Balaban J connectivity index is 2.75. The lowest BCUT2D eigenvalue weighted by Crippen LogP contribution is -1.89. The molecule has 0 aliphatic rings. The van der Waals surface area contributed by atoms with E-state index in [9.17, 15) is 0 Å². The van der Waals surface area contributed by atoms with Crippen LogP contribution in [-0.2, 0) is 6.42 Å². The van der Waals surface area contributed by atoms with Gasteiger partial charge in [-0.1, -0.05) is 13.0 Å². The third-order valence-corrected chi connectivity index (χ3v) is 1.36. The third-order valence-electron chi connectivity index (χ3n) is 1.36. The van der Waals surface area contributed by atoms with Crippen LogP contribution >= 0.6 is 0 Å². The highest BCUT2D eigenvalue weighted by Gasteiger charge is 1.90. The second kappa shape index (κ2) is 3.35. The molecule has 0 aromatic carbocycles. The molecule has 1 radical (unpaired) electrons. The van der Waals surface area contributed by atoms with E-state index in [1.165, 1.54) is 0 Å². The Hall–Kier alpha value is -0.850. The zero-order chi connectivity index (χ0) is 7.40. The molecule has 1 heterocycles. The normalized spacial score (nSPS) is 9.80. The molecule has 1 rings (SSSR count). The quantitative estimate of drug-likeness (QED) is 0.604. The van der Waals surface area contributed by atoms with Crippen LogP contribution in [0.2, 0.25) is 0 Å². The summed E-state index contributed by atoms with van der Waals surface area (Å²) in [5.41, 5.74) is 2.25. The average Bonchev–Trinajstić information content (AvgIpc) is 1.88. The van der Waals surface area contributed by atoms with E-state index in [0.717, 1.165) is 17.8 Å². The number of hydrogen-bond acceptors (Lipinski definition) is 1. The molecule has 0 atom stereocenters. The summed E-state index contributed by atoms with van der Waals surface area (Å²) in [6.07, 6.45) is 3.09. The molecule has 0 spiro atoms. The zero-order valence-corrected chi connectivity index (χ0v) is 6.46. The van der Waals surface area contributed by atoms with Gasteiger partial charge in [0.2, 0.25) is 0 Å².